The minimum atomic E-state index is 0.714. The maximum atomic E-state index is 4.66. The third-order valence-electron chi connectivity index (χ3n) is 4.37. The van der Waals surface area contributed by atoms with Crippen LogP contribution in [-0.2, 0) is 13.1 Å². The van der Waals surface area contributed by atoms with Crippen molar-refractivity contribution in [2.24, 2.45) is 0 Å². The summed E-state index contributed by atoms with van der Waals surface area (Å²) in [7, 11) is 0. The minimum absolute atomic E-state index is 0.714. The standard InChI is InChI=1S/C18H15N7/c1-2-16-13(9-21-24-16)7-15(1)22-17-4-6-20-18(23-17)25-10-12-3-5-19-8-14(12)11-25/h1-9H,10-11H2,(H,21,24)(H,20,22,23). The number of rotatable bonds is 3. The fraction of sp³-hybridized carbons (Fsp3) is 0.111. The average molecular weight is 329 g/mol. The van der Waals surface area contributed by atoms with Gasteiger partial charge in [-0.25, -0.2) is 4.98 Å². The van der Waals surface area contributed by atoms with Gasteiger partial charge >= 0.3 is 0 Å². The van der Waals surface area contributed by atoms with E-state index in [0.29, 0.717) is 5.95 Å². The molecule has 0 amide bonds. The Kier molecular flexibility index (Phi) is 3.09. The van der Waals surface area contributed by atoms with Gasteiger partial charge in [0.25, 0.3) is 0 Å². The van der Waals surface area contributed by atoms with Crippen molar-refractivity contribution >= 4 is 28.4 Å². The zero-order valence-electron chi connectivity index (χ0n) is 13.3. The summed E-state index contributed by atoms with van der Waals surface area (Å²) in [5.74, 6) is 1.48. The fourth-order valence-electron chi connectivity index (χ4n) is 3.10. The van der Waals surface area contributed by atoms with Crippen molar-refractivity contribution in [1.29, 1.82) is 0 Å². The summed E-state index contributed by atoms with van der Waals surface area (Å²) in [5, 5.41) is 11.4. The number of hydrogen-bond acceptors (Lipinski definition) is 6. The maximum absolute atomic E-state index is 4.66. The number of nitrogens with one attached hydrogen (secondary N) is 2. The van der Waals surface area contributed by atoms with Crippen molar-refractivity contribution in [3.8, 4) is 0 Å². The molecule has 0 aliphatic carbocycles. The molecule has 0 radical (unpaired) electrons. The summed E-state index contributed by atoms with van der Waals surface area (Å²) >= 11 is 0. The summed E-state index contributed by atoms with van der Waals surface area (Å²) in [6, 6.07) is 9.96. The first-order valence-corrected chi connectivity index (χ1v) is 8.05. The molecule has 5 rings (SSSR count). The highest BCUT2D eigenvalue weighted by molar-refractivity contribution is 5.82. The Labute approximate surface area is 143 Å². The second-order valence-corrected chi connectivity index (χ2v) is 6.04. The molecule has 3 aromatic heterocycles. The largest absolute Gasteiger partial charge is 0.340 e. The van der Waals surface area contributed by atoms with Crippen molar-refractivity contribution in [2.45, 2.75) is 13.1 Å². The van der Waals surface area contributed by atoms with Crippen LogP contribution in [0.25, 0.3) is 10.9 Å². The lowest BCUT2D eigenvalue weighted by molar-refractivity contribution is 0.829. The van der Waals surface area contributed by atoms with E-state index in [1.807, 2.05) is 36.7 Å². The van der Waals surface area contributed by atoms with Crippen molar-refractivity contribution in [3.63, 3.8) is 0 Å². The molecule has 0 bridgehead atoms. The number of anilines is 3. The van der Waals surface area contributed by atoms with Gasteiger partial charge in [0.2, 0.25) is 5.95 Å². The highest BCUT2D eigenvalue weighted by atomic mass is 15.3. The van der Waals surface area contributed by atoms with Crippen LogP contribution < -0.4 is 10.2 Å². The van der Waals surface area contributed by atoms with Crippen LogP contribution in [0.3, 0.4) is 0 Å². The van der Waals surface area contributed by atoms with E-state index in [-0.39, 0.29) is 0 Å². The smallest absolute Gasteiger partial charge is 0.227 e. The van der Waals surface area contributed by atoms with E-state index in [9.17, 15) is 0 Å². The molecule has 0 atom stereocenters. The molecule has 4 heterocycles. The molecule has 122 valence electrons. The van der Waals surface area contributed by atoms with Crippen LogP contribution in [0.1, 0.15) is 11.1 Å². The molecule has 0 saturated heterocycles. The molecule has 2 N–H and O–H groups in total. The number of aromatic nitrogens is 5. The van der Waals surface area contributed by atoms with Crippen LogP contribution in [0.15, 0.2) is 55.1 Å². The van der Waals surface area contributed by atoms with Crippen LogP contribution >= 0.6 is 0 Å². The molecule has 0 saturated carbocycles. The molecule has 1 aliphatic rings. The monoisotopic (exact) mass is 329 g/mol. The van der Waals surface area contributed by atoms with Crippen molar-refractivity contribution in [3.05, 3.63) is 66.2 Å². The lowest BCUT2D eigenvalue weighted by atomic mass is 10.2. The molecular weight excluding hydrogens is 314 g/mol. The van der Waals surface area contributed by atoms with Gasteiger partial charge in [0.15, 0.2) is 0 Å². The van der Waals surface area contributed by atoms with Gasteiger partial charge in [0.1, 0.15) is 5.82 Å². The van der Waals surface area contributed by atoms with Gasteiger partial charge in [-0.2, -0.15) is 10.1 Å². The van der Waals surface area contributed by atoms with E-state index in [1.165, 1.54) is 11.1 Å². The third-order valence-corrected chi connectivity index (χ3v) is 4.37. The molecule has 1 aliphatic heterocycles. The van der Waals surface area contributed by atoms with Crippen LogP contribution in [0.5, 0.6) is 0 Å². The maximum Gasteiger partial charge on any atom is 0.227 e. The Morgan fingerprint density at radius 3 is 2.92 bits per heavy atom. The first-order chi connectivity index (χ1) is 12.3. The van der Waals surface area contributed by atoms with Crippen molar-refractivity contribution in [2.75, 3.05) is 10.2 Å². The zero-order valence-corrected chi connectivity index (χ0v) is 13.3. The molecule has 25 heavy (non-hydrogen) atoms. The Bertz CT molecular complexity index is 1030. The van der Waals surface area contributed by atoms with E-state index >= 15 is 0 Å². The molecule has 0 spiro atoms. The van der Waals surface area contributed by atoms with E-state index in [1.54, 1.807) is 12.4 Å². The Morgan fingerprint density at radius 2 is 1.96 bits per heavy atom. The van der Waals surface area contributed by atoms with E-state index in [4.69, 9.17) is 0 Å². The summed E-state index contributed by atoms with van der Waals surface area (Å²) in [5.41, 5.74) is 4.49. The van der Waals surface area contributed by atoms with Crippen molar-refractivity contribution in [1.82, 2.24) is 25.1 Å². The van der Waals surface area contributed by atoms with Gasteiger partial charge in [0, 0.05) is 42.8 Å². The van der Waals surface area contributed by atoms with Crippen LogP contribution in [0, 0.1) is 0 Å². The molecule has 0 fully saturated rings. The second kappa shape index (κ2) is 5.55. The highest BCUT2D eigenvalue weighted by Gasteiger charge is 2.21. The Morgan fingerprint density at radius 1 is 1.00 bits per heavy atom. The normalized spacial score (nSPS) is 13.2. The molecule has 1 aromatic carbocycles. The van der Waals surface area contributed by atoms with Gasteiger partial charge in [-0.05, 0) is 41.5 Å². The van der Waals surface area contributed by atoms with Gasteiger partial charge in [0.05, 0.1) is 11.7 Å². The summed E-state index contributed by atoms with van der Waals surface area (Å²) in [4.78, 5) is 15.4. The summed E-state index contributed by atoms with van der Waals surface area (Å²) in [6.45, 7) is 1.59. The van der Waals surface area contributed by atoms with Gasteiger partial charge < -0.3 is 10.2 Å². The predicted octanol–water partition coefficient (Wildman–Crippen LogP) is 3.01. The third kappa shape index (κ3) is 2.55. The number of H-pyrrole nitrogens is 1. The van der Waals surface area contributed by atoms with Gasteiger partial charge in [-0.1, -0.05) is 0 Å². The van der Waals surface area contributed by atoms with E-state index < -0.39 is 0 Å². The molecular formula is C18H15N7. The molecule has 4 aromatic rings. The van der Waals surface area contributed by atoms with Gasteiger partial charge in [-0.3, -0.25) is 10.1 Å². The fourth-order valence-corrected chi connectivity index (χ4v) is 3.10. The lowest BCUT2D eigenvalue weighted by Gasteiger charge is -2.16. The Hall–Kier alpha value is -3.48. The number of nitrogens with zero attached hydrogens (tertiary/aromatic N) is 5. The predicted molar refractivity (Wildman–Crippen MR) is 95.5 cm³/mol. The molecule has 7 heteroatoms. The summed E-state index contributed by atoms with van der Waals surface area (Å²) in [6.07, 6.45) is 7.33. The summed E-state index contributed by atoms with van der Waals surface area (Å²) < 4.78 is 0. The number of pyridine rings is 1. The number of hydrogen-bond donors (Lipinski definition) is 2. The van der Waals surface area contributed by atoms with Crippen molar-refractivity contribution < 1.29 is 0 Å². The zero-order chi connectivity index (χ0) is 16.6. The van der Waals surface area contributed by atoms with Crippen LogP contribution in [0.2, 0.25) is 0 Å². The van der Waals surface area contributed by atoms with Crippen LogP contribution in [0.4, 0.5) is 17.5 Å². The molecule has 7 nitrogen and oxygen atoms in total. The minimum Gasteiger partial charge on any atom is -0.340 e. The topological polar surface area (TPSA) is 82.6 Å². The van der Waals surface area contributed by atoms with E-state index in [0.717, 1.165) is 35.5 Å². The SMILES string of the molecule is c1cc2c(cn1)CN(c1nccc(Nc3ccc4[nH]ncc4c3)n1)C2. The first kappa shape index (κ1) is 13.9. The highest BCUT2D eigenvalue weighted by Crippen LogP contribution is 2.26. The number of fused-ring (bicyclic) bond motifs is 2. The lowest BCUT2D eigenvalue weighted by Crippen LogP contribution is -2.17. The van der Waals surface area contributed by atoms with Crippen LogP contribution in [-0.4, -0.2) is 25.1 Å². The first-order valence-electron chi connectivity index (χ1n) is 8.05. The Balaban J connectivity index is 1.40. The number of benzene rings is 1. The van der Waals surface area contributed by atoms with E-state index in [2.05, 4.69) is 41.4 Å². The van der Waals surface area contributed by atoms with Gasteiger partial charge in [-0.15, -0.1) is 0 Å². The second-order valence-electron chi connectivity index (χ2n) is 6.04. The molecule has 0 unspecified atom stereocenters. The number of aromatic amines is 1. The average Bonchev–Trinajstić information content (AvgIpc) is 3.28. The quantitative estimate of drug-likeness (QED) is 0.601.